The molecule has 3 N–H and O–H groups in total. The summed E-state index contributed by atoms with van der Waals surface area (Å²) in [4.78, 5) is 26.1. The number of rotatable bonds is 6. The third-order valence-corrected chi connectivity index (χ3v) is 1.67. The van der Waals surface area contributed by atoms with Crippen LogP contribution in [0.1, 0.15) is 10.6 Å². The summed E-state index contributed by atoms with van der Waals surface area (Å²) in [5, 5.41) is 10.9. The standard InChI is InChI=1S/C8H13N5O3/c1-16-3-2-9-6(14)4-10-8(15)7-11-5-12-13-7/h5H,2-4H2,1H3,(H,9,14)(H,10,15)(H,11,12,13). The number of methoxy groups -OCH3 is 1. The lowest BCUT2D eigenvalue weighted by molar-refractivity contribution is -0.120. The number of nitrogens with zero attached hydrogens (tertiary/aromatic N) is 2. The van der Waals surface area contributed by atoms with Crippen LogP contribution in [-0.4, -0.2) is 53.8 Å². The van der Waals surface area contributed by atoms with E-state index in [1.807, 2.05) is 0 Å². The van der Waals surface area contributed by atoms with Crippen LogP contribution in [0.25, 0.3) is 0 Å². The van der Waals surface area contributed by atoms with Gasteiger partial charge in [0.25, 0.3) is 5.91 Å². The van der Waals surface area contributed by atoms with E-state index in [0.717, 1.165) is 0 Å². The molecule has 0 aromatic carbocycles. The van der Waals surface area contributed by atoms with Gasteiger partial charge in [-0.05, 0) is 0 Å². The Labute approximate surface area is 91.8 Å². The maximum Gasteiger partial charge on any atom is 0.289 e. The van der Waals surface area contributed by atoms with Crippen molar-refractivity contribution >= 4 is 11.8 Å². The van der Waals surface area contributed by atoms with Crippen molar-refractivity contribution in [1.29, 1.82) is 0 Å². The minimum absolute atomic E-state index is 0.0738. The summed E-state index contributed by atoms with van der Waals surface area (Å²) < 4.78 is 4.75. The fraction of sp³-hybridized carbons (Fsp3) is 0.500. The van der Waals surface area contributed by atoms with Crippen LogP contribution < -0.4 is 10.6 Å². The van der Waals surface area contributed by atoms with E-state index in [1.54, 1.807) is 0 Å². The van der Waals surface area contributed by atoms with Gasteiger partial charge < -0.3 is 15.4 Å². The predicted octanol–water partition coefficient (Wildman–Crippen LogP) is -1.70. The van der Waals surface area contributed by atoms with E-state index >= 15 is 0 Å². The molecule has 0 bridgehead atoms. The molecule has 8 heteroatoms. The van der Waals surface area contributed by atoms with Crippen LogP contribution in [0, 0.1) is 0 Å². The van der Waals surface area contributed by atoms with Crippen molar-refractivity contribution in [2.45, 2.75) is 0 Å². The lowest BCUT2D eigenvalue weighted by Gasteiger charge is -2.04. The highest BCUT2D eigenvalue weighted by molar-refractivity contribution is 5.93. The first-order valence-corrected chi connectivity index (χ1v) is 4.63. The molecule has 0 aliphatic carbocycles. The van der Waals surface area contributed by atoms with Crippen molar-refractivity contribution in [3.05, 3.63) is 12.2 Å². The molecule has 16 heavy (non-hydrogen) atoms. The third-order valence-electron chi connectivity index (χ3n) is 1.67. The van der Waals surface area contributed by atoms with Crippen LogP contribution in [0.4, 0.5) is 0 Å². The summed E-state index contributed by atoms with van der Waals surface area (Å²) in [5.74, 6) is -0.686. The highest BCUT2D eigenvalue weighted by Gasteiger charge is 2.09. The molecule has 0 radical (unpaired) electrons. The Morgan fingerprint density at radius 3 is 2.94 bits per heavy atom. The van der Waals surface area contributed by atoms with Crippen LogP contribution in [0.3, 0.4) is 0 Å². The van der Waals surface area contributed by atoms with E-state index in [-0.39, 0.29) is 18.3 Å². The van der Waals surface area contributed by atoms with E-state index in [0.29, 0.717) is 13.2 Å². The van der Waals surface area contributed by atoms with Crippen molar-refractivity contribution < 1.29 is 14.3 Å². The van der Waals surface area contributed by atoms with Gasteiger partial charge in [0.1, 0.15) is 6.33 Å². The highest BCUT2D eigenvalue weighted by Crippen LogP contribution is 1.83. The molecular weight excluding hydrogens is 214 g/mol. The Morgan fingerprint density at radius 2 is 2.31 bits per heavy atom. The number of aromatic nitrogens is 3. The monoisotopic (exact) mass is 227 g/mol. The number of H-pyrrole nitrogens is 1. The Morgan fingerprint density at radius 1 is 1.50 bits per heavy atom. The van der Waals surface area contributed by atoms with Crippen LogP contribution in [-0.2, 0) is 9.53 Å². The zero-order valence-electron chi connectivity index (χ0n) is 8.82. The summed E-state index contributed by atoms with van der Waals surface area (Å²) in [5.41, 5.74) is 0. The summed E-state index contributed by atoms with van der Waals surface area (Å²) in [7, 11) is 1.54. The van der Waals surface area contributed by atoms with Gasteiger partial charge >= 0.3 is 0 Å². The molecule has 1 rings (SSSR count). The Kier molecular flexibility index (Phi) is 4.93. The van der Waals surface area contributed by atoms with Crippen LogP contribution in [0.2, 0.25) is 0 Å². The van der Waals surface area contributed by atoms with Crippen molar-refractivity contribution in [3.8, 4) is 0 Å². The molecule has 8 nitrogen and oxygen atoms in total. The molecule has 0 aliphatic rings. The van der Waals surface area contributed by atoms with Gasteiger partial charge in [-0.15, -0.1) is 0 Å². The number of carbonyl (C=O) groups excluding carboxylic acids is 2. The fourth-order valence-electron chi connectivity index (χ4n) is 0.914. The summed E-state index contributed by atoms with van der Waals surface area (Å²) in [6, 6.07) is 0. The Hall–Kier alpha value is -1.96. The van der Waals surface area contributed by atoms with Gasteiger partial charge in [0, 0.05) is 13.7 Å². The minimum atomic E-state index is -0.473. The second-order valence-electron chi connectivity index (χ2n) is 2.86. The van der Waals surface area contributed by atoms with Gasteiger partial charge in [0.2, 0.25) is 11.7 Å². The zero-order valence-corrected chi connectivity index (χ0v) is 8.82. The van der Waals surface area contributed by atoms with Crippen molar-refractivity contribution in [2.75, 3.05) is 26.8 Å². The lowest BCUT2D eigenvalue weighted by Crippen LogP contribution is -2.38. The Bertz CT molecular complexity index is 337. The predicted molar refractivity (Wildman–Crippen MR) is 53.6 cm³/mol. The molecule has 1 heterocycles. The van der Waals surface area contributed by atoms with Gasteiger partial charge in [-0.25, -0.2) is 4.98 Å². The maximum absolute atomic E-state index is 11.3. The lowest BCUT2D eigenvalue weighted by atomic mass is 10.5. The summed E-state index contributed by atoms with van der Waals surface area (Å²) in [6.45, 7) is 0.735. The van der Waals surface area contributed by atoms with Crippen molar-refractivity contribution in [1.82, 2.24) is 25.8 Å². The van der Waals surface area contributed by atoms with Gasteiger partial charge in [-0.2, -0.15) is 5.10 Å². The smallest absolute Gasteiger partial charge is 0.289 e. The van der Waals surface area contributed by atoms with E-state index in [4.69, 9.17) is 4.74 Å². The molecule has 0 fully saturated rings. The first-order chi connectivity index (χ1) is 7.74. The second-order valence-corrected chi connectivity index (χ2v) is 2.86. The molecule has 0 unspecified atom stereocenters. The van der Waals surface area contributed by atoms with Gasteiger partial charge in [-0.3, -0.25) is 14.7 Å². The minimum Gasteiger partial charge on any atom is -0.383 e. The topological polar surface area (TPSA) is 109 Å². The largest absolute Gasteiger partial charge is 0.383 e. The molecular formula is C8H13N5O3. The zero-order chi connectivity index (χ0) is 11.8. The van der Waals surface area contributed by atoms with Gasteiger partial charge in [0.15, 0.2) is 0 Å². The van der Waals surface area contributed by atoms with E-state index < -0.39 is 5.91 Å². The number of hydrogen-bond donors (Lipinski definition) is 3. The number of hydrogen-bond acceptors (Lipinski definition) is 5. The summed E-state index contributed by atoms with van der Waals surface area (Å²) >= 11 is 0. The SMILES string of the molecule is COCCNC(=O)CNC(=O)c1ncn[nH]1. The third kappa shape index (κ3) is 4.05. The number of amides is 2. The van der Waals surface area contributed by atoms with E-state index in [9.17, 15) is 9.59 Å². The Balaban J connectivity index is 2.19. The van der Waals surface area contributed by atoms with Crippen LogP contribution >= 0.6 is 0 Å². The first kappa shape index (κ1) is 12.1. The molecule has 1 aromatic heterocycles. The first-order valence-electron chi connectivity index (χ1n) is 4.63. The molecule has 0 aliphatic heterocycles. The molecule has 0 saturated carbocycles. The molecule has 1 aromatic rings. The molecule has 0 spiro atoms. The van der Waals surface area contributed by atoms with Gasteiger partial charge in [0.05, 0.1) is 13.2 Å². The second kappa shape index (κ2) is 6.51. The van der Waals surface area contributed by atoms with Crippen LogP contribution in [0.15, 0.2) is 6.33 Å². The maximum atomic E-state index is 11.3. The van der Waals surface area contributed by atoms with Crippen LogP contribution in [0.5, 0.6) is 0 Å². The number of nitrogens with one attached hydrogen (secondary N) is 3. The van der Waals surface area contributed by atoms with Crippen molar-refractivity contribution in [3.63, 3.8) is 0 Å². The quantitative estimate of drug-likeness (QED) is 0.502. The number of carbonyl (C=O) groups is 2. The average Bonchev–Trinajstić information content (AvgIpc) is 2.79. The molecule has 88 valence electrons. The van der Waals surface area contributed by atoms with Gasteiger partial charge in [-0.1, -0.05) is 0 Å². The van der Waals surface area contributed by atoms with Crippen molar-refractivity contribution in [2.24, 2.45) is 0 Å². The van der Waals surface area contributed by atoms with E-state index in [1.165, 1.54) is 13.4 Å². The van der Waals surface area contributed by atoms with E-state index in [2.05, 4.69) is 25.8 Å². The summed E-state index contributed by atoms with van der Waals surface area (Å²) in [6.07, 6.45) is 1.22. The fourth-order valence-corrected chi connectivity index (χ4v) is 0.914. The normalized spacial score (nSPS) is 9.81. The molecule has 0 atom stereocenters. The average molecular weight is 227 g/mol. The highest BCUT2D eigenvalue weighted by atomic mass is 16.5. The number of ether oxygens (including phenoxy) is 1. The molecule has 2 amide bonds. The molecule has 0 saturated heterocycles. The number of aromatic amines is 1.